The summed E-state index contributed by atoms with van der Waals surface area (Å²) in [5.74, 6) is -4.32. The van der Waals surface area contributed by atoms with Crippen molar-refractivity contribution >= 4 is 49.0 Å². The lowest BCUT2D eigenvalue weighted by Crippen LogP contribution is -2.43. The van der Waals surface area contributed by atoms with Gasteiger partial charge in [0.1, 0.15) is 58.1 Å². The molecule has 11 nitrogen and oxygen atoms in total. The van der Waals surface area contributed by atoms with Gasteiger partial charge in [-0.1, -0.05) is 18.2 Å². The van der Waals surface area contributed by atoms with E-state index in [0.717, 1.165) is 18.6 Å². The minimum Gasteiger partial charge on any atom is -0.506 e. The van der Waals surface area contributed by atoms with Crippen molar-refractivity contribution in [2.75, 3.05) is 36.5 Å². The third kappa shape index (κ3) is 6.30. The SMILES string of the molecule is N#Cc1c(N)sc2c(F)ccc(-c3c(C(F)(F)F)c(O)c4c(N[C@H](Cc5ccccn5)c5cccnc5N)nc(OC[C@@]56CCCN5C[C@H](F)C6)nc4c3F)c12. The first kappa shape index (κ1) is 37.0. The van der Waals surface area contributed by atoms with Crippen LogP contribution in [0.4, 0.5) is 43.0 Å². The van der Waals surface area contributed by atoms with E-state index < -0.39 is 80.7 Å². The van der Waals surface area contributed by atoms with E-state index in [9.17, 15) is 14.8 Å². The van der Waals surface area contributed by atoms with Crippen molar-refractivity contribution in [3.05, 3.63) is 88.9 Å². The quantitative estimate of drug-likeness (QED) is 0.106. The number of nitriles is 1. The van der Waals surface area contributed by atoms with Crippen molar-refractivity contribution in [2.24, 2.45) is 0 Å². The number of hydrogen-bond acceptors (Lipinski definition) is 12. The Hall–Kier alpha value is -5.93. The van der Waals surface area contributed by atoms with Crippen molar-refractivity contribution in [3.63, 3.8) is 0 Å². The number of phenolic OH excluding ortho intramolecular Hbond substituents is 1. The number of rotatable bonds is 9. The van der Waals surface area contributed by atoms with E-state index in [2.05, 4.69) is 25.3 Å². The number of nitrogens with zero attached hydrogens (tertiary/aromatic N) is 6. The van der Waals surface area contributed by atoms with Crippen LogP contribution in [0.3, 0.4) is 0 Å². The van der Waals surface area contributed by atoms with Crippen LogP contribution in [0.2, 0.25) is 0 Å². The van der Waals surface area contributed by atoms with Crippen LogP contribution in [0.15, 0.2) is 54.9 Å². The highest BCUT2D eigenvalue weighted by Crippen LogP contribution is 2.52. The van der Waals surface area contributed by atoms with Crippen LogP contribution in [0.1, 0.15) is 47.7 Å². The maximum Gasteiger partial charge on any atom is 0.420 e. The molecule has 0 saturated carbocycles. The van der Waals surface area contributed by atoms with E-state index >= 15 is 22.0 Å². The highest BCUT2D eigenvalue weighted by atomic mass is 32.1. The Morgan fingerprint density at radius 1 is 1.09 bits per heavy atom. The number of anilines is 3. The fourth-order valence-corrected chi connectivity index (χ4v) is 8.95. The number of phenols is 1. The summed E-state index contributed by atoms with van der Waals surface area (Å²) >= 11 is 0.610. The van der Waals surface area contributed by atoms with E-state index in [1.807, 2.05) is 4.90 Å². The Bertz CT molecular complexity index is 2550. The molecule has 2 aliphatic heterocycles. The van der Waals surface area contributed by atoms with Crippen LogP contribution >= 0.6 is 11.3 Å². The first-order chi connectivity index (χ1) is 26.8. The van der Waals surface area contributed by atoms with E-state index in [-0.39, 0.29) is 52.5 Å². The number of fused-ring (bicyclic) bond motifs is 3. The average Bonchev–Trinajstić information content (AvgIpc) is 3.81. The lowest BCUT2D eigenvalue weighted by atomic mass is 9.91. The van der Waals surface area contributed by atoms with Crippen molar-refractivity contribution in [2.45, 2.75) is 49.6 Å². The zero-order valence-corrected chi connectivity index (χ0v) is 30.0. The predicted octanol–water partition coefficient (Wildman–Crippen LogP) is 7.69. The van der Waals surface area contributed by atoms with Crippen LogP contribution in [-0.4, -0.2) is 61.3 Å². The molecule has 56 heavy (non-hydrogen) atoms. The fourth-order valence-electron chi connectivity index (χ4n) is 8.01. The summed E-state index contributed by atoms with van der Waals surface area (Å²) in [4.78, 5) is 19.1. The summed E-state index contributed by atoms with van der Waals surface area (Å²) in [6, 6.07) is 10.4. The summed E-state index contributed by atoms with van der Waals surface area (Å²) < 4.78 is 98.6. The average molecular weight is 792 g/mol. The van der Waals surface area contributed by atoms with Gasteiger partial charge in [0.2, 0.25) is 0 Å². The number of alkyl halides is 4. The zero-order valence-electron chi connectivity index (χ0n) is 29.2. The van der Waals surface area contributed by atoms with Gasteiger partial charge in [-0.25, -0.2) is 18.2 Å². The standard InChI is InChI=1S/C38H31F6N9O2S/c39-18-14-37(9-4-12-53(37)16-18)17-55-36-51-30-27(35(52-36)50-24(13-19-5-1-2-10-48-19)20-6-3-11-49-33(20)46)31(54)28(38(42,43)44)26(29(30)41)21-7-8-23(40)32-25(21)22(15-45)34(47)56-32/h1-3,5-8,10-11,18,24,54H,4,9,12-14,16-17,47H2,(H2,46,49)(H,50,51,52)/t18-,24-,37+/m1/s1. The van der Waals surface area contributed by atoms with E-state index in [4.69, 9.17) is 16.2 Å². The molecule has 0 spiro atoms. The number of thiophene rings is 1. The number of ether oxygens (including phenoxy) is 1. The molecule has 0 bridgehead atoms. The van der Waals surface area contributed by atoms with Gasteiger partial charge < -0.3 is 26.6 Å². The minimum atomic E-state index is -5.42. The van der Waals surface area contributed by atoms with Gasteiger partial charge in [-0.15, -0.1) is 11.3 Å². The molecule has 6 N–H and O–H groups in total. The Labute approximate surface area is 318 Å². The molecule has 6 aromatic rings. The van der Waals surface area contributed by atoms with Crippen LogP contribution in [0, 0.1) is 23.0 Å². The Balaban J connectivity index is 1.38. The number of nitrogens with two attached hydrogens (primary N) is 2. The van der Waals surface area contributed by atoms with E-state index in [0.29, 0.717) is 35.6 Å². The third-order valence-corrected chi connectivity index (χ3v) is 11.5. The first-order valence-corrected chi connectivity index (χ1v) is 18.2. The second-order valence-electron chi connectivity index (χ2n) is 13.8. The Morgan fingerprint density at radius 2 is 1.89 bits per heavy atom. The van der Waals surface area contributed by atoms with Crippen LogP contribution in [-0.2, 0) is 12.6 Å². The second-order valence-corrected chi connectivity index (χ2v) is 14.9. The number of benzene rings is 2. The minimum absolute atomic E-state index is 0.0653. The highest BCUT2D eigenvalue weighted by molar-refractivity contribution is 7.23. The molecule has 0 unspecified atom stereocenters. The summed E-state index contributed by atoms with van der Waals surface area (Å²) in [7, 11) is 0. The van der Waals surface area contributed by atoms with Gasteiger partial charge in [0.05, 0.1) is 27.2 Å². The normalized spacial score (nSPS) is 19.0. The molecule has 18 heteroatoms. The molecule has 6 heterocycles. The van der Waals surface area contributed by atoms with Crippen molar-refractivity contribution in [1.29, 1.82) is 5.26 Å². The lowest BCUT2D eigenvalue weighted by Gasteiger charge is -2.31. The molecular formula is C38H31F6N9O2S. The van der Waals surface area contributed by atoms with E-state index in [1.165, 1.54) is 6.20 Å². The van der Waals surface area contributed by atoms with Crippen molar-refractivity contribution < 1.29 is 36.2 Å². The number of nitrogen functional groups attached to an aromatic ring is 2. The number of hydrogen-bond donors (Lipinski definition) is 4. The fraction of sp³-hybridized carbons (Fsp3) is 0.289. The smallest absolute Gasteiger partial charge is 0.420 e. The van der Waals surface area contributed by atoms with Gasteiger partial charge in [0.15, 0.2) is 5.82 Å². The Kier molecular flexibility index (Phi) is 9.24. The summed E-state index contributed by atoms with van der Waals surface area (Å²) in [6.07, 6.45) is -1.93. The summed E-state index contributed by atoms with van der Waals surface area (Å²) in [5.41, 5.74) is 7.70. The molecule has 2 fully saturated rings. The number of nitrogens with one attached hydrogen (secondary N) is 1. The number of aromatic nitrogens is 4. The molecule has 4 aromatic heterocycles. The van der Waals surface area contributed by atoms with Crippen LogP contribution < -0.4 is 21.5 Å². The number of aromatic hydroxyl groups is 1. The van der Waals surface area contributed by atoms with Gasteiger partial charge in [-0.3, -0.25) is 9.88 Å². The molecule has 2 aromatic carbocycles. The lowest BCUT2D eigenvalue weighted by molar-refractivity contribution is -0.138. The zero-order chi connectivity index (χ0) is 39.5. The third-order valence-electron chi connectivity index (χ3n) is 10.5. The van der Waals surface area contributed by atoms with Gasteiger partial charge in [0, 0.05) is 54.0 Å². The molecule has 0 radical (unpaired) electrons. The van der Waals surface area contributed by atoms with Crippen molar-refractivity contribution in [3.8, 4) is 29.0 Å². The molecular weight excluding hydrogens is 761 g/mol. The molecule has 3 atom stereocenters. The Morgan fingerprint density at radius 3 is 2.62 bits per heavy atom. The summed E-state index contributed by atoms with van der Waals surface area (Å²) in [6.45, 7) is 0.712. The maximum atomic E-state index is 17.3. The first-order valence-electron chi connectivity index (χ1n) is 17.4. The van der Waals surface area contributed by atoms with Crippen LogP contribution in [0.5, 0.6) is 11.8 Å². The van der Waals surface area contributed by atoms with Gasteiger partial charge in [-0.05, 0) is 49.2 Å². The summed E-state index contributed by atoms with van der Waals surface area (Å²) in [5, 5.41) is 23.4. The van der Waals surface area contributed by atoms with Crippen LogP contribution in [0.25, 0.3) is 32.1 Å². The monoisotopic (exact) mass is 791 g/mol. The number of halogens is 6. The molecule has 0 aliphatic carbocycles. The maximum absolute atomic E-state index is 17.3. The molecule has 0 amide bonds. The van der Waals surface area contributed by atoms with Crippen molar-refractivity contribution in [1.82, 2.24) is 24.8 Å². The second kappa shape index (κ2) is 14.0. The van der Waals surface area contributed by atoms with Gasteiger partial charge >= 0.3 is 12.2 Å². The molecule has 8 rings (SSSR count). The molecule has 2 aliphatic rings. The molecule has 288 valence electrons. The van der Waals surface area contributed by atoms with Gasteiger partial charge in [-0.2, -0.15) is 28.4 Å². The topological polar surface area (TPSA) is 172 Å². The van der Waals surface area contributed by atoms with Gasteiger partial charge in [0.25, 0.3) is 0 Å². The number of pyridine rings is 2. The highest BCUT2D eigenvalue weighted by Gasteiger charge is 2.49. The predicted molar refractivity (Wildman–Crippen MR) is 198 cm³/mol. The largest absolute Gasteiger partial charge is 0.506 e. The van der Waals surface area contributed by atoms with E-state index in [1.54, 1.807) is 42.6 Å². The molecule has 2 saturated heterocycles.